The molecule has 31 heavy (non-hydrogen) atoms. The van der Waals surface area contributed by atoms with Crippen molar-refractivity contribution in [2.24, 2.45) is 0 Å². The third-order valence-electron chi connectivity index (χ3n) is 5.02. The van der Waals surface area contributed by atoms with Gasteiger partial charge in [-0.2, -0.15) is 0 Å². The largest absolute Gasteiger partial charge is 0.436 e. The van der Waals surface area contributed by atoms with Crippen LogP contribution in [-0.4, -0.2) is 49.5 Å². The first-order valence-electron chi connectivity index (χ1n) is 10.2. The van der Waals surface area contributed by atoms with Gasteiger partial charge in [-0.1, -0.05) is 42.0 Å². The quantitative estimate of drug-likeness (QED) is 0.511. The number of carbonyl (C=O) groups excluding carboxylic acids is 1. The molecule has 164 valence electrons. The Morgan fingerprint density at radius 3 is 2.55 bits per heavy atom. The molecule has 0 fully saturated rings. The molecule has 1 heterocycles. The third kappa shape index (κ3) is 5.59. The molecule has 0 bridgehead atoms. The van der Waals surface area contributed by atoms with Gasteiger partial charge in [-0.25, -0.2) is 17.7 Å². The van der Waals surface area contributed by atoms with Gasteiger partial charge in [0.15, 0.2) is 5.76 Å². The van der Waals surface area contributed by atoms with E-state index in [0.29, 0.717) is 42.3 Å². The van der Waals surface area contributed by atoms with Crippen molar-refractivity contribution in [1.82, 2.24) is 14.6 Å². The van der Waals surface area contributed by atoms with E-state index in [9.17, 15) is 13.2 Å². The van der Waals surface area contributed by atoms with Gasteiger partial charge in [0.25, 0.3) is 5.91 Å². The summed E-state index contributed by atoms with van der Waals surface area (Å²) in [6.07, 6.45) is 2.17. The second kappa shape index (κ2) is 9.89. The Labute approximate surface area is 183 Å². The molecule has 0 atom stereocenters. The molecule has 3 aromatic rings. The fraction of sp³-hybridized carbons (Fsp3) is 0.304. The number of rotatable bonds is 9. The van der Waals surface area contributed by atoms with E-state index in [4.69, 9.17) is 4.42 Å². The van der Waals surface area contributed by atoms with E-state index < -0.39 is 10.0 Å². The number of sulfonamides is 1. The number of benzene rings is 2. The van der Waals surface area contributed by atoms with Crippen molar-refractivity contribution in [3.8, 4) is 22.8 Å². The molecule has 0 aliphatic heterocycles. The minimum absolute atomic E-state index is 0.0595. The van der Waals surface area contributed by atoms with Gasteiger partial charge in [0.1, 0.15) is 0 Å². The van der Waals surface area contributed by atoms with Gasteiger partial charge in [-0.3, -0.25) is 4.79 Å². The standard InChI is InChI=1S/C23H27N3O4S/c1-4-31(28,29)26(3)15-7-14-24-22(27)19-8-5-6-9-20(19)23-25-16-21(30-23)18-12-10-17(2)11-13-18/h5-6,8-13,16H,4,7,14-15H2,1-3H3,(H,24,27). The van der Waals surface area contributed by atoms with Crippen LogP contribution in [0.4, 0.5) is 0 Å². The molecule has 0 saturated heterocycles. The molecule has 1 N–H and O–H groups in total. The van der Waals surface area contributed by atoms with Crippen molar-refractivity contribution >= 4 is 15.9 Å². The highest BCUT2D eigenvalue weighted by Crippen LogP contribution is 2.28. The number of oxazole rings is 1. The summed E-state index contributed by atoms with van der Waals surface area (Å²) in [4.78, 5) is 17.1. The van der Waals surface area contributed by atoms with Gasteiger partial charge in [0.05, 0.1) is 17.5 Å². The van der Waals surface area contributed by atoms with Gasteiger partial charge < -0.3 is 9.73 Å². The summed E-state index contributed by atoms with van der Waals surface area (Å²) < 4.78 is 30.8. The third-order valence-corrected chi connectivity index (χ3v) is 6.88. The molecule has 0 aliphatic carbocycles. The van der Waals surface area contributed by atoms with Crippen molar-refractivity contribution in [2.75, 3.05) is 25.9 Å². The highest BCUT2D eigenvalue weighted by atomic mass is 32.2. The highest BCUT2D eigenvalue weighted by molar-refractivity contribution is 7.89. The zero-order valence-corrected chi connectivity index (χ0v) is 18.8. The van der Waals surface area contributed by atoms with Gasteiger partial charge in [0, 0.05) is 31.3 Å². The Bertz CT molecular complexity index is 1140. The number of amides is 1. The van der Waals surface area contributed by atoms with Gasteiger partial charge in [-0.05, 0) is 32.4 Å². The molecule has 2 aromatic carbocycles. The van der Waals surface area contributed by atoms with Gasteiger partial charge in [0.2, 0.25) is 15.9 Å². The molecular formula is C23H27N3O4S. The fourth-order valence-electron chi connectivity index (χ4n) is 3.08. The zero-order chi connectivity index (χ0) is 22.4. The van der Waals surface area contributed by atoms with Crippen LogP contribution in [0.15, 0.2) is 59.1 Å². The molecule has 0 aliphatic rings. The van der Waals surface area contributed by atoms with Crippen molar-refractivity contribution in [2.45, 2.75) is 20.3 Å². The Morgan fingerprint density at radius 1 is 1.13 bits per heavy atom. The Hall–Kier alpha value is -2.97. The van der Waals surface area contributed by atoms with E-state index in [1.165, 1.54) is 4.31 Å². The smallest absolute Gasteiger partial charge is 0.252 e. The molecule has 0 unspecified atom stereocenters. The van der Waals surface area contributed by atoms with E-state index in [1.807, 2.05) is 37.3 Å². The minimum Gasteiger partial charge on any atom is -0.436 e. The maximum absolute atomic E-state index is 12.7. The predicted molar refractivity (Wildman–Crippen MR) is 121 cm³/mol. The summed E-state index contributed by atoms with van der Waals surface area (Å²) in [5.41, 5.74) is 3.12. The van der Waals surface area contributed by atoms with Crippen molar-refractivity contribution in [1.29, 1.82) is 0 Å². The lowest BCUT2D eigenvalue weighted by Gasteiger charge is -2.16. The van der Waals surface area contributed by atoms with Crippen LogP contribution >= 0.6 is 0 Å². The lowest BCUT2D eigenvalue weighted by molar-refractivity contribution is 0.0953. The second-order valence-corrected chi connectivity index (χ2v) is 9.64. The number of nitrogens with zero attached hydrogens (tertiary/aromatic N) is 2. The van der Waals surface area contributed by atoms with E-state index >= 15 is 0 Å². The maximum Gasteiger partial charge on any atom is 0.252 e. The SMILES string of the molecule is CCS(=O)(=O)N(C)CCCNC(=O)c1ccccc1-c1ncc(-c2ccc(C)cc2)o1. The molecule has 0 spiro atoms. The summed E-state index contributed by atoms with van der Waals surface area (Å²) in [5, 5.41) is 2.85. The summed E-state index contributed by atoms with van der Waals surface area (Å²) in [6, 6.07) is 15.1. The van der Waals surface area contributed by atoms with Crippen LogP contribution in [-0.2, 0) is 10.0 Å². The topological polar surface area (TPSA) is 92.5 Å². The Balaban J connectivity index is 1.68. The molecule has 0 saturated carbocycles. The Kier molecular flexibility index (Phi) is 7.25. The van der Waals surface area contributed by atoms with E-state index in [1.54, 1.807) is 38.4 Å². The first-order chi connectivity index (χ1) is 14.8. The average molecular weight is 442 g/mol. The molecule has 0 radical (unpaired) electrons. The maximum atomic E-state index is 12.7. The van der Waals surface area contributed by atoms with E-state index in [-0.39, 0.29) is 11.7 Å². The number of hydrogen-bond donors (Lipinski definition) is 1. The van der Waals surface area contributed by atoms with Crippen molar-refractivity contribution in [3.63, 3.8) is 0 Å². The number of carbonyl (C=O) groups is 1. The molecule has 7 nitrogen and oxygen atoms in total. The lowest BCUT2D eigenvalue weighted by Crippen LogP contribution is -2.32. The summed E-state index contributed by atoms with van der Waals surface area (Å²) in [5.74, 6) is 0.802. The number of nitrogens with one attached hydrogen (secondary N) is 1. The summed E-state index contributed by atoms with van der Waals surface area (Å²) in [6.45, 7) is 4.33. The van der Waals surface area contributed by atoms with Crippen molar-refractivity contribution < 1.29 is 17.6 Å². The van der Waals surface area contributed by atoms with E-state index in [2.05, 4.69) is 10.3 Å². The highest BCUT2D eigenvalue weighted by Gasteiger charge is 2.18. The first-order valence-corrected chi connectivity index (χ1v) is 11.8. The van der Waals surface area contributed by atoms with Crippen LogP contribution in [0.1, 0.15) is 29.3 Å². The monoisotopic (exact) mass is 441 g/mol. The van der Waals surface area contributed by atoms with Crippen LogP contribution in [0, 0.1) is 6.92 Å². The molecular weight excluding hydrogens is 414 g/mol. The Morgan fingerprint density at radius 2 is 1.84 bits per heavy atom. The number of hydrogen-bond acceptors (Lipinski definition) is 5. The van der Waals surface area contributed by atoms with Gasteiger partial charge >= 0.3 is 0 Å². The number of aromatic nitrogens is 1. The van der Waals surface area contributed by atoms with Crippen LogP contribution in [0.2, 0.25) is 0 Å². The number of aryl methyl sites for hydroxylation is 1. The minimum atomic E-state index is -3.22. The lowest BCUT2D eigenvalue weighted by atomic mass is 10.1. The zero-order valence-electron chi connectivity index (χ0n) is 18.0. The van der Waals surface area contributed by atoms with Crippen LogP contribution < -0.4 is 5.32 Å². The summed E-state index contributed by atoms with van der Waals surface area (Å²) >= 11 is 0. The van der Waals surface area contributed by atoms with Crippen LogP contribution in [0.25, 0.3) is 22.8 Å². The normalized spacial score (nSPS) is 11.6. The fourth-order valence-corrected chi connectivity index (χ4v) is 3.92. The molecule has 1 aromatic heterocycles. The van der Waals surface area contributed by atoms with E-state index in [0.717, 1.165) is 11.1 Å². The van der Waals surface area contributed by atoms with Gasteiger partial charge in [-0.15, -0.1) is 0 Å². The first kappa shape index (κ1) is 22.7. The second-order valence-electron chi connectivity index (χ2n) is 7.27. The molecule has 8 heteroatoms. The van der Waals surface area contributed by atoms with Crippen molar-refractivity contribution in [3.05, 3.63) is 65.9 Å². The van der Waals surface area contributed by atoms with Crippen LogP contribution in [0.5, 0.6) is 0 Å². The molecule has 1 amide bonds. The van der Waals surface area contributed by atoms with Crippen LogP contribution in [0.3, 0.4) is 0 Å². The average Bonchev–Trinajstić information content (AvgIpc) is 3.27. The predicted octanol–water partition coefficient (Wildman–Crippen LogP) is 3.72. The summed E-state index contributed by atoms with van der Waals surface area (Å²) in [7, 11) is -1.67. The molecule has 3 rings (SSSR count).